The highest BCUT2D eigenvalue weighted by Crippen LogP contribution is 2.11. The standard InChI is InChI=1S/C17H20FNO4S/c1-14-2-6-16(7-3-14)22-11-10-19-24(20,21)13-12-23-17-8-4-15(18)5-9-17/h2-9,19H,10-13H2,1H3. The van der Waals surface area contributed by atoms with Gasteiger partial charge in [0.2, 0.25) is 10.0 Å². The highest BCUT2D eigenvalue weighted by molar-refractivity contribution is 7.89. The number of halogens is 1. The summed E-state index contributed by atoms with van der Waals surface area (Å²) in [6.07, 6.45) is 0. The highest BCUT2D eigenvalue weighted by atomic mass is 32.2. The van der Waals surface area contributed by atoms with Gasteiger partial charge >= 0.3 is 0 Å². The molecule has 2 aromatic carbocycles. The van der Waals surface area contributed by atoms with Gasteiger partial charge in [-0.05, 0) is 43.3 Å². The van der Waals surface area contributed by atoms with Crippen molar-refractivity contribution < 1.29 is 22.3 Å². The van der Waals surface area contributed by atoms with Gasteiger partial charge in [-0.1, -0.05) is 17.7 Å². The highest BCUT2D eigenvalue weighted by Gasteiger charge is 2.10. The Balaban J connectivity index is 1.65. The molecular formula is C17H20FNO4S. The second kappa shape index (κ2) is 8.65. The van der Waals surface area contributed by atoms with Gasteiger partial charge in [-0.25, -0.2) is 17.5 Å². The van der Waals surface area contributed by atoms with Crippen molar-refractivity contribution in [3.63, 3.8) is 0 Å². The smallest absolute Gasteiger partial charge is 0.215 e. The first-order valence-corrected chi connectivity index (χ1v) is 9.15. The van der Waals surface area contributed by atoms with Crippen LogP contribution in [0.5, 0.6) is 11.5 Å². The van der Waals surface area contributed by atoms with Gasteiger partial charge < -0.3 is 9.47 Å². The summed E-state index contributed by atoms with van der Waals surface area (Å²) in [5.74, 6) is 0.563. The molecule has 7 heteroatoms. The zero-order chi connectivity index (χ0) is 17.4. The van der Waals surface area contributed by atoms with Crippen LogP contribution in [0.3, 0.4) is 0 Å². The van der Waals surface area contributed by atoms with E-state index in [1.54, 1.807) is 0 Å². The number of hydrogen-bond donors (Lipinski definition) is 1. The van der Waals surface area contributed by atoms with Gasteiger partial charge in [-0.2, -0.15) is 0 Å². The maximum atomic E-state index is 12.7. The molecule has 0 atom stereocenters. The van der Waals surface area contributed by atoms with Gasteiger partial charge in [0.1, 0.15) is 30.5 Å². The molecule has 24 heavy (non-hydrogen) atoms. The van der Waals surface area contributed by atoms with Gasteiger partial charge in [0.25, 0.3) is 0 Å². The van der Waals surface area contributed by atoms with Crippen molar-refractivity contribution in [3.05, 3.63) is 59.9 Å². The van der Waals surface area contributed by atoms with Crippen molar-refractivity contribution >= 4 is 10.0 Å². The van der Waals surface area contributed by atoms with E-state index in [9.17, 15) is 12.8 Å². The van der Waals surface area contributed by atoms with Crippen LogP contribution in [0.15, 0.2) is 48.5 Å². The molecule has 0 radical (unpaired) electrons. The Morgan fingerprint density at radius 1 is 0.917 bits per heavy atom. The molecule has 0 bridgehead atoms. The van der Waals surface area contributed by atoms with Gasteiger partial charge in [-0.3, -0.25) is 0 Å². The number of benzene rings is 2. The SMILES string of the molecule is Cc1ccc(OCCNS(=O)(=O)CCOc2ccc(F)cc2)cc1. The maximum Gasteiger partial charge on any atom is 0.215 e. The molecule has 0 spiro atoms. The number of nitrogens with one attached hydrogen (secondary N) is 1. The fraction of sp³-hybridized carbons (Fsp3) is 0.294. The molecule has 0 aromatic heterocycles. The second-order valence-corrected chi connectivity index (χ2v) is 7.10. The van der Waals surface area contributed by atoms with E-state index in [4.69, 9.17) is 9.47 Å². The zero-order valence-corrected chi connectivity index (χ0v) is 14.2. The van der Waals surface area contributed by atoms with E-state index in [1.807, 2.05) is 31.2 Å². The second-order valence-electron chi connectivity index (χ2n) is 5.18. The summed E-state index contributed by atoms with van der Waals surface area (Å²) in [5, 5.41) is 0. The van der Waals surface area contributed by atoms with Crippen molar-refractivity contribution in [2.24, 2.45) is 0 Å². The van der Waals surface area contributed by atoms with E-state index >= 15 is 0 Å². The molecule has 5 nitrogen and oxygen atoms in total. The van der Waals surface area contributed by atoms with Crippen LogP contribution in [0.2, 0.25) is 0 Å². The molecule has 0 aliphatic heterocycles. The number of rotatable bonds is 9. The van der Waals surface area contributed by atoms with Crippen LogP contribution in [0.1, 0.15) is 5.56 Å². The summed E-state index contributed by atoms with van der Waals surface area (Å²) in [7, 11) is -3.45. The van der Waals surface area contributed by atoms with Gasteiger partial charge in [0.15, 0.2) is 0 Å². The average Bonchev–Trinajstić information content (AvgIpc) is 2.55. The number of sulfonamides is 1. The van der Waals surface area contributed by atoms with Crippen LogP contribution in [0.4, 0.5) is 4.39 Å². The quantitative estimate of drug-likeness (QED) is 0.704. The van der Waals surface area contributed by atoms with Crippen molar-refractivity contribution in [2.45, 2.75) is 6.92 Å². The first-order chi connectivity index (χ1) is 11.4. The van der Waals surface area contributed by atoms with Crippen LogP contribution < -0.4 is 14.2 Å². The van der Waals surface area contributed by atoms with Crippen LogP contribution in [-0.2, 0) is 10.0 Å². The Bertz CT molecular complexity index is 730. The Hall–Kier alpha value is -2.12. The minimum absolute atomic E-state index is 0.0141. The lowest BCUT2D eigenvalue weighted by atomic mass is 10.2. The van der Waals surface area contributed by atoms with E-state index in [0.717, 1.165) is 5.56 Å². The Labute approximate surface area is 141 Å². The predicted octanol–water partition coefficient (Wildman–Crippen LogP) is 2.51. The van der Waals surface area contributed by atoms with Crippen LogP contribution in [-0.4, -0.2) is 33.9 Å². The van der Waals surface area contributed by atoms with E-state index in [2.05, 4.69) is 4.72 Å². The summed E-state index contributed by atoms with van der Waals surface area (Å²) >= 11 is 0. The lowest BCUT2D eigenvalue weighted by molar-refractivity contribution is 0.321. The molecule has 0 saturated heterocycles. The van der Waals surface area contributed by atoms with E-state index < -0.39 is 10.0 Å². The molecular weight excluding hydrogens is 333 g/mol. The summed E-state index contributed by atoms with van der Waals surface area (Å²) in [5.41, 5.74) is 1.13. The Morgan fingerprint density at radius 3 is 2.08 bits per heavy atom. The molecule has 0 saturated carbocycles. The molecule has 1 N–H and O–H groups in total. The third-order valence-corrected chi connectivity index (χ3v) is 4.50. The topological polar surface area (TPSA) is 64.6 Å². The lowest BCUT2D eigenvalue weighted by Crippen LogP contribution is -2.32. The lowest BCUT2D eigenvalue weighted by Gasteiger charge is -2.09. The van der Waals surface area contributed by atoms with Gasteiger partial charge in [-0.15, -0.1) is 0 Å². The van der Waals surface area contributed by atoms with Crippen LogP contribution >= 0.6 is 0 Å². The molecule has 0 fully saturated rings. The molecule has 130 valence electrons. The average molecular weight is 353 g/mol. The van der Waals surface area contributed by atoms with E-state index in [-0.39, 0.29) is 31.3 Å². The molecule has 0 heterocycles. The minimum atomic E-state index is -3.45. The first-order valence-electron chi connectivity index (χ1n) is 7.50. The number of aryl methyl sites for hydroxylation is 1. The van der Waals surface area contributed by atoms with E-state index in [1.165, 1.54) is 24.3 Å². The van der Waals surface area contributed by atoms with E-state index in [0.29, 0.717) is 11.5 Å². The fourth-order valence-electron chi connectivity index (χ4n) is 1.87. The van der Waals surface area contributed by atoms with Crippen molar-refractivity contribution in [3.8, 4) is 11.5 Å². The number of ether oxygens (including phenoxy) is 2. The summed E-state index contributed by atoms with van der Waals surface area (Å²) in [6.45, 7) is 2.37. The largest absolute Gasteiger partial charge is 0.492 e. The zero-order valence-electron chi connectivity index (χ0n) is 13.4. The molecule has 0 amide bonds. The fourth-order valence-corrected chi connectivity index (χ4v) is 2.71. The molecule has 0 unspecified atom stereocenters. The van der Waals surface area contributed by atoms with Gasteiger partial charge in [0, 0.05) is 6.54 Å². The third kappa shape index (κ3) is 6.55. The molecule has 2 rings (SSSR count). The Kier molecular flexibility index (Phi) is 6.57. The summed E-state index contributed by atoms with van der Waals surface area (Å²) in [6, 6.07) is 12.9. The molecule has 0 aliphatic rings. The predicted molar refractivity (Wildman–Crippen MR) is 90.4 cm³/mol. The molecule has 2 aromatic rings. The maximum absolute atomic E-state index is 12.7. The minimum Gasteiger partial charge on any atom is -0.492 e. The van der Waals surface area contributed by atoms with Crippen LogP contribution in [0, 0.1) is 12.7 Å². The normalized spacial score (nSPS) is 11.2. The van der Waals surface area contributed by atoms with Gasteiger partial charge in [0.05, 0.1) is 5.75 Å². The first kappa shape index (κ1) is 18.2. The monoisotopic (exact) mass is 353 g/mol. The molecule has 0 aliphatic carbocycles. The summed E-state index contributed by atoms with van der Waals surface area (Å²) < 4.78 is 49.5. The third-order valence-electron chi connectivity index (χ3n) is 3.15. The van der Waals surface area contributed by atoms with Crippen molar-refractivity contribution in [1.82, 2.24) is 4.72 Å². The summed E-state index contributed by atoms with van der Waals surface area (Å²) in [4.78, 5) is 0. The number of hydrogen-bond acceptors (Lipinski definition) is 4. The van der Waals surface area contributed by atoms with Crippen LogP contribution in [0.25, 0.3) is 0 Å². The van der Waals surface area contributed by atoms with Crippen molar-refractivity contribution in [1.29, 1.82) is 0 Å². The van der Waals surface area contributed by atoms with Crippen molar-refractivity contribution in [2.75, 3.05) is 25.5 Å². The Morgan fingerprint density at radius 2 is 1.46 bits per heavy atom.